The summed E-state index contributed by atoms with van der Waals surface area (Å²) in [4.78, 5) is 25.8. The number of hydrogen-bond donors (Lipinski definition) is 3. The van der Waals surface area contributed by atoms with Crippen LogP contribution in [0.5, 0.6) is 5.75 Å². The summed E-state index contributed by atoms with van der Waals surface area (Å²) in [6, 6.07) is 18.0. The van der Waals surface area contributed by atoms with E-state index in [0.29, 0.717) is 28.4 Å². The number of aromatic nitrogens is 2. The van der Waals surface area contributed by atoms with Gasteiger partial charge in [0.15, 0.2) is 0 Å². The van der Waals surface area contributed by atoms with Crippen molar-refractivity contribution in [3.05, 3.63) is 87.7 Å². The van der Waals surface area contributed by atoms with Gasteiger partial charge in [-0.25, -0.2) is 4.79 Å². The van der Waals surface area contributed by atoms with Gasteiger partial charge in [0, 0.05) is 29.8 Å². The van der Waals surface area contributed by atoms with Gasteiger partial charge in [-0.2, -0.15) is 9.78 Å². The predicted octanol–water partition coefficient (Wildman–Crippen LogP) is 5.51. The zero-order valence-corrected chi connectivity index (χ0v) is 19.4. The fourth-order valence-corrected chi connectivity index (χ4v) is 4.36. The first-order chi connectivity index (χ1) is 16.5. The molecule has 0 atom stereocenters. The lowest BCUT2D eigenvalue weighted by molar-refractivity contribution is 0.103. The molecule has 7 nitrogen and oxygen atoms in total. The van der Waals surface area contributed by atoms with Crippen molar-refractivity contribution in [3.63, 3.8) is 0 Å². The number of nitrogens with zero attached hydrogens (tertiary/aromatic N) is 2. The number of aromatic hydroxyl groups is 1. The van der Waals surface area contributed by atoms with Gasteiger partial charge in [-0.1, -0.05) is 35.9 Å². The molecular formula is C26H24N4O3S. The average molecular weight is 473 g/mol. The molecule has 1 saturated carbocycles. The molecule has 0 radical (unpaired) electrons. The average Bonchev–Trinajstić information content (AvgIpc) is 3.33. The van der Waals surface area contributed by atoms with Crippen molar-refractivity contribution < 1.29 is 14.7 Å². The van der Waals surface area contributed by atoms with Crippen molar-refractivity contribution in [2.24, 2.45) is 0 Å². The van der Waals surface area contributed by atoms with E-state index in [2.05, 4.69) is 15.7 Å². The van der Waals surface area contributed by atoms with Crippen molar-refractivity contribution in [1.29, 1.82) is 0 Å². The van der Waals surface area contributed by atoms with Gasteiger partial charge < -0.3 is 15.7 Å². The van der Waals surface area contributed by atoms with Gasteiger partial charge >= 0.3 is 6.03 Å². The number of anilines is 1. The lowest BCUT2D eigenvalue weighted by Gasteiger charge is -2.08. The highest BCUT2D eigenvalue weighted by atomic mass is 32.1. The lowest BCUT2D eigenvalue weighted by atomic mass is 10.1. The normalized spacial score (nSPS) is 13.0. The number of thiophene rings is 1. The standard InChI is InChI=1S/C26H24N4O3S/c1-16-4-6-17(7-5-16)15-27-26(33)30-22(18-8-9-18)14-21(29-30)20-11-10-19(13-23(20)31)28-25(32)24-3-2-12-34-24/h2-7,10-14,18,31H,8-9,15H2,1H3,(H,27,33)(H,28,32). The maximum atomic E-state index is 12.9. The van der Waals surface area contributed by atoms with Gasteiger partial charge in [0.1, 0.15) is 5.75 Å². The molecule has 0 unspecified atom stereocenters. The molecule has 8 heteroatoms. The molecule has 2 amide bonds. The van der Waals surface area contributed by atoms with Gasteiger partial charge in [-0.15, -0.1) is 11.3 Å². The number of benzene rings is 2. The van der Waals surface area contributed by atoms with Crippen molar-refractivity contribution in [2.45, 2.75) is 32.2 Å². The minimum absolute atomic E-state index is 0.0176. The summed E-state index contributed by atoms with van der Waals surface area (Å²) in [5, 5.41) is 22.7. The number of carbonyl (C=O) groups excluding carboxylic acids is 2. The lowest BCUT2D eigenvalue weighted by Crippen LogP contribution is -2.30. The van der Waals surface area contributed by atoms with E-state index in [1.165, 1.54) is 27.6 Å². The van der Waals surface area contributed by atoms with Gasteiger partial charge in [-0.3, -0.25) is 4.79 Å². The fraction of sp³-hybridized carbons (Fsp3) is 0.192. The molecule has 34 heavy (non-hydrogen) atoms. The van der Waals surface area contributed by atoms with E-state index < -0.39 is 0 Å². The van der Waals surface area contributed by atoms with Crippen LogP contribution in [0.2, 0.25) is 0 Å². The fourth-order valence-electron chi connectivity index (χ4n) is 3.74. The molecule has 0 aliphatic heterocycles. The third kappa shape index (κ3) is 4.72. The second-order valence-electron chi connectivity index (χ2n) is 8.45. The Labute approximate surface area is 201 Å². The van der Waals surface area contributed by atoms with E-state index in [-0.39, 0.29) is 23.6 Å². The molecule has 1 aliphatic rings. The Balaban J connectivity index is 1.34. The number of phenols is 1. The van der Waals surface area contributed by atoms with Crippen molar-refractivity contribution >= 4 is 29.0 Å². The van der Waals surface area contributed by atoms with Crippen LogP contribution in [0.25, 0.3) is 11.3 Å². The molecule has 172 valence electrons. The maximum Gasteiger partial charge on any atom is 0.342 e. The summed E-state index contributed by atoms with van der Waals surface area (Å²) in [6.07, 6.45) is 2.02. The zero-order valence-electron chi connectivity index (χ0n) is 18.6. The molecule has 0 spiro atoms. The molecule has 2 heterocycles. The molecule has 2 aromatic heterocycles. The third-order valence-corrected chi connectivity index (χ3v) is 6.63. The van der Waals surface area contributed by atoms with E-state index in [9.17, 15) is 14.7 Å². The summed E-state index contributed by atoms with van der Waals surface area (Å²) in [7, 11) is 0. The van der Waals surface area contributed by atoms with Crippen LogP contribution < -0.4 is 10.6 Å². The topological polar surface area (TPSA) is 96.3 Å². The largest absolute Gasteiger partial charge is 0.507 e. The van der Waals surface area contributed by atoms with Crippen LogP contribution in [-0.4, -0.2) is 26.8 Å². The Morgan fingerprint density at radius 3 is 2.59 bits per heavy atom. The quantitative estimate of drug-likeness (QED) is 0.345. The van der Waals surface area contributed by atoms with Gasteiger partial charge in [-0.05, 0) is 55.0 Å². The number of carbonyl (C=O) groups is 2. The van der Waals surface area contributed by atoms with Crippen molar-refractivity contribution in [3.8, 4) is 17.0 Å². The van der Waals surface area contributed by atoms with E-state index in [4.69, 9.17) is 0 Å². The monoisotopic (exact) mass is 472 g/mol. The first-order valence-electron chi connectivity index (χ1n) is 11.1. The number of aryl methyl sites for hydroxylation is 1. The van der Waals surface area contributed by atoms with Crippen LogP contribution >= 0.6 is 11.3 Å². The molecular weight excluding hydrogens is 448 g/mol. The summed E-state index contributed by atoms with van der Waals surface area (Å²) < 4.78 is 1.41. The molecule has 0 saturated heterocycles. The third-order valence-electron chi connectivity index (χ3n) is 5.77. The Hall–Kier alpha value is -3.91. The van der Waals surface area contributed by atoms with Crippen LogP contribution in [0.1, 0.15) is 45.3 Å². The second kappa shape index (κ2) is 9.15. The molecule has 1 aliphatic carbocycles. The highest BCUT2D eigenvalue weighted by Crippen LogP contribution is 2.42. The van der Waals surface area contributed by atoms with E-state index >= 15 is 0 Å². The van der Waals surface area contributed by atoms with Crippen LogP contribution in [0.3, 0.4) is 0 Å². The number of hydrogen-bond acceptors (Lipinski definition) is 5. The second-order valence-corrected chi connectivity index (χ2v) is 9.40. The molecule has 4 aromatic rings. The van der Waals surface area contributed by atoms with E-state index in [1.54, 1.807) is 18.2 Å². The predicted molar refractivity (Wildman–Crippen MR) is 132 cm³/mol. The van der Waals surface area contributed by atoms with Crippen LogP contribution in [0, 0.1) is 6.92 Å². The molecule has 2 aromatic carbocycles. The number of amides is 2. The van der Waals surface area contributed by atoms with Gasteiger partial charge in [0.25, 0.3) is 5.91 Å². The Bertz CT molecular complexity index is 1340. The first kappa shape index (κ1) is 21.9. The van der Waals surface area contributed by atoms with Crippen LogP contribution in [0.4, 0.5) is 10.5 Å². The van der Waals surface area contributed by atoms with Crippen LogP contribution in [0.15, 0.2) is 66.0 Å². The van der Waals surface area contributed by atoms with Gasteiger partial charge in [0.05, 0.1) is 16.3 Å². The Kier molecular flexibility index (Phi) is 5.90. The summed E-state index contributed by atoms with van der Waals surface area (Å²) in [6.45, 7) is 2.43. The number of nitrogens with one attached hydrogen (secondary N) is 2. The highest BCUT2D eigenvalue weighted by Gasteiger charge is 2.30. The first-order valence-corrected chi connectivity index (χ1v) is 12.0. The van der Waals surface area contributed by atoms with Crippen molar-refractivity contribution in [2.75, 3.05) is 5.32 Å². The Morgan fingerprint density at radius 1 is 1.12 bits per heavy atom. The molecule has 5 rings (SSSR count). The molecule has 1 fully saturated rings. The minimum atomic E-state index is -0.298. The summed E-state index contributed by atoms with van der Waals surface area (Å²) >= 11 is 1.35. The number of phenolic OH excluding ortho intramolecular Hbond substituents is 1. The highest BCUT2D eigenvalue weighted by molar-refractivity contribution is 7.12. The van der Waals surface area contributed by atoms with Crippen molar-refractivity contribution in [1.82, 2.24) is 15.1 Å². The van der Waals surface area contributed by atoms with E-state index in [1.807, 2.05) is 48.7 Å². The SMILES string of the molecule is Cc1ccc(CNC(=O)n2nc(-c3ccc(NC(=O)c4cccs4)cc3O)cc2C2CC2)cc1. The zero-order chi connectivity index (χ0) is 23.7. The smallest absolute Gasteiger partial charge is 0.342 e. The minimum Gasteiger partial charge on any atom is -0.507 e. The molecule has 3 N–H and O–H groups in total. The summed E-state index contributed by atoms with van der Waals surface area (Å²) in [5.74, 6) is 0.0432. The summed E-state index contributed by atoms with van der Waals surface area (Å²) in [5.41, 5.74) is 4.52. The maximum absolute atomic E-state index is 12.9. The van der Waals surface area contributed by atoms with Crippen LogP contribution in [-0.2, 0) is 6.54 Å². The van der Waals surface area contributed by atoms with E-state index in [0.717, 1.165) is 24.1 Å². The number of rotatable bonds is 6. The molecule has 0 bridgehead atoms. The Morgan fingerprint density at radius 2 is 1.91 bits per heavy atom. The van der Waals surface area contributed by atoms with Gasteiger partial charge in [0.2, 0.25) is 0 Å².